The predicted molar refractivity (Wildman–Crippen MR) is 121 cm³/mol. The van der Waals surface area contributed by atoms with Gasteiger partial charge in [0.1, 0.15) is 17.2 Å². The van der Waals surface area contributed by atoms with Gasteiger partial charge in [0.2, 0.25) is 0 Å². The lowest BCUT2D eigenvalue weighted by atomic mass is 10.2. The molecule has 5 nitrogen and oxygen atoms in total. The average Bonchev–Trinajstić information content (AvgIpc) is 2.80. The Morgan fingerprint density at radius 2 is 1.52 bits per heavy atom. The van der Waals surface area contributed by atoms with Gasteiger partial charge in [-0.25, -0.2) is 0 Å². The van der Waals surface area contributed by atoms with Gasteiger partial charge >= 0.3 is 0 Å². The second-order valence-electron chi connectivity index (χ2n) is 7.82. The van der Waals surface area contributed by atoms with Gasteiger partial charge in [-0.3, -0.25) is 9.69 Å². The van der Waals surface area contributed by atoms with Crippen molar-refractivity contribution in [3.05, 3.63) is 90.0 Å². The molecule has 1 heterocycles. The van der Waals surface area contributed by atoms with Crippen LogP contribution in [0.5, 0.6) is 17.2 Å². The molecule has 0 unspecified atom stereocenters. The van der Waals surface area contributed by atoms with Crippen LogP contribution in [0.15, 0.2) is 78.9 Å². The first-order valence-electron chi connectivity index (χ1n) is 10.7. The van der Waals surface area contributed by atoms with Gasteiger partial charge in [-0.05, 0) is 48.9 Å². The van der Waals surface area contributed by atoms with Crippen LogP contribution in [0, 0.1) is 6.92 Å². The van der Waals surface area contributed by atoms with Crippen LogP contribution in [0.3, 0.4) is 0 Å². The lowest BCUT2D eigenvalue weighted by Gasteiger charge is -2.34. The predicted octanol–water partition coefficient (Wildman–Crippen LogP) is 4.51. The maximum Gasteiger partial charge on any atom is 0.260 e. The first kappa shape index (κ1) is 20.9. The highest BCUT2D eigenvalue weighted by Crippen LogP contribution is 2.22. The van der Waals surface area contributed by atoms with E-state index in [9.17, 15) is 4.79 Å². The second-order valence-corrected chi connectivity index (χ2v) is 7.82. The summed E-state index contributed by atoms with van der Waals surface area (Å²) in [6, 6.07) is 25.8. The van der Waals surface area contributed by atoms with Crippen LogP contribution in [-0.2, 0) is 11.3 Å². The van der Waals surface area contributed by atoms with E-state index in [0.717, 1.165) is 50.0 Å². The Bertz CT molecular complexity index is 981. The van der Waals surface area contributed by atoms with E-state index >= 15 is 0 Å². The highest BCUT2D eigenvalue weighted by Gasteiger charge is 2.21. The number of hydrogen-bond acceptors (Lipinski definition) is 4. The number of rotatable bonds is 7. The summed E-state index contributed by atoms with van der Waals surface area (Å²) < 4.78 is 11.6. The maximum absolute atomic E-state index is 12.5. The van der Waals surface area contributed by atoms with Gasteiger partial charge in [0.05, 0.1) is 0 Å². The Morgan fingerprint density at radius 1 is 0.806 bits per heavy atom. The summed E-state index contributed by atoms with van der Waals surface area (Å²) in [5.74, 6) is 2.44. The summed E-state index contributed by atoms with van der Waals surface area (Å²) in [6.45, 7) is 6.09. The van der Waals surface area contributed by atoms with E-state index in [1.807, 2.05) is 78.6 Å². The normalized spacial score (nSPS) is 14.3. The fourth-order valence-corrected chi connectivity index (χ4v) is 3.62. The Labute approximate surface area is 183 Å². The van der Waals surface area contributed by atoms with Crippen LogP contribution < -0.4 is 9.47 Å². The monoisotopic (exact) mass is 416 g/mol. The van der Waals surface area contributed by atoms with Gasteiger partial charge in [-0.15, -0.1) is 0 Å². The summed E-state index contributed by atoms with van der Waals surface area (Å²) in [7, 11) is 0. The van der Waals surface area contributed by atoms with Crippen molar-refractivity contribution in [2.75, 3.05) is 32.8 Å². The smallest absolute Gasteiger partial charge is 0.260 e. The Hall–Kier alpha value is -3.31. The Balaban J connectivity index is 1.24. The molecule has 3 aromatic carbocycles. The van der Waals surface area contributed by atoms with E-state index in [0.29, 0.717) is 0 Å². The molecule has 31 heavy (non-hydrogen) atoms. The van der Waals surface area contributed by atoms with Crippen LogP contribution in [0.25, 0.3) is 0 Å². The highest BCUT2D eigenvalue weighted by atomic mass is 16.5. The summed E-state index contributed by atoms with van der Waals surface area (Å²) in [4.78, 5) is 16.7. The largest absolute Gasteiger partial charge is 0.484 e. The van der Waals surface area contributed by atoms with Crippen LogP contribution in [0.1, 0.15) is 11.1 Å². The van der Waals surface area contributed by atoms with Crippen LogP contribution in [0.4, 0.5) is 0 Å². The number of hydrogen-bond donors (Lipinski definition) is 0. The third-order valence-corrected chi connectivity index (χ3v) is 5.39. The molecule has 0 N–H and O–H groups in total. The number of carbonyl (C=O) groups excluding carboxylic acids is 1. The number of amides is 1. The number of nitrogens with zero attached hydrogens (tertiary/aromatic N) is 2. The Kier molecular flexibility index (Phi) is 6.85. The molecule has 0 bridgehead atoms. The molecule has 1 fully saturated rings. The van der Waals surface area contributed by atoms with Gasteiger partial charge in [-0.2, -0.15) is 0 Å². The minimum atomic E-state index is 0.0403. The molecule has 1 aliphatic heterocycles. The minimum absolute atomic E-state index is 0.0403. The topological polar surface area (TPSA) is 42.0 Å². The van der Waals surface area contributed by atoms with Gasteiger partial charge in [0.15, 0.2) is 6.61 Å². The molecule has 1 aliphatic rings. The Morgan fingerprint density at radius 3 is 2.26 bits per heavy atom. The van der Waals surface area contributed by atoms with E-state index in [1.54, 1.807) is 0 Å². The van der Waals surface area contributed by atoms with Crippen molar-refractivity contribution in [1.29, 1.82) is 0 Å². The van der Waals surface area contributed by atoms with Crippen molar-refractivity contribution >= 4 is 5.91 Å². The molecule has 3 aromatic rings. The SMILES string of the molecule is Cc1ccc(OCC(=O)N2CCN(Cc3cccc(Oc4ccccc4)c3)CC2)cc1. The summed E-state index contributed by atoms with van der Waals surface area (Å²) in [5.41, 5.74) is 2.38. The van der Waals surface area contributed by atoms with Gasteiger partial charge in [-0.1, -0.05) is 48.0 Å². The molecule has 1 saturated heterocycles. The van der Waals surface area contributed by atoms with Crippen LogP contribution in [0.2, 0.25) is 0 Å². The first-order chi connectivity index (χ1) is 15.2. The average molecular weight is 417 g/mol. The zero-order valence-electron chi connectivity index (χ0n) is 17.9. The van der Waals surface area contributed by atoms with E-state index in [-0.39, 0.29) is 12.5 Å². The van der Waals surface area contributed by atoms with E-state index in [2.05, 4.69) is 17.0 Å². The molecule has 0 aromatic heterocycles. The molecule has 0 saturated carbocycles. The fraction of sp³-hybridized carbons (Fsp3) is 0.269. The van der Waals surface area contributed by atoms with Crippen molar-refractivity contribution in [2.24, 2.45) is 0 Å². The molecule has 0 spiro atoms. The number of aryl methyl sites for hydroxylation is 1. The molecular weight excluding hydrogens is 388 g/mol. The number of benzene rings is 3. The van der Waals surface area contributed by atoms with E-state index < -0.39 is 0 Å². The fourth-order valence-electron chi connectivity index (χ4n) is 3.62. The maximum atomic E-state index is 12.5. The summed E-state index contributed by atoms with van der Waals surface area (Å²) in [5, 5.41) is 0. The van der Waals surface area contributed by atoms with Crippen molar-refractivity contribution in [3.8, 4) is 17.2 Å². The molecular formula is C26H28N2O3. The van der Waals surface area contributed by atoms with Crippen molar-refractivity contribution in [2.45, 2.75) is 13.5 Å². The minimum Gasteiger partial charge on any atom is -0.484 e. The number of carbonyl (C=O) groups is 1. The molecule has 0 radical (unpaired) electrons. The zero-order chi connectivity index (χ0) is 21.5. The van der Waals surface area contributed by atoms with Crippen LogP contribution in [-0.4, -0.2) is 48.5 Å². The van der Waals surface area contributed by atoms with Crippen molar-refractivity contribution in [3.63, 3.8) is 0 Å². The number of ether oxygens (including phenoxy) is 2. The quantitative estimate of drug-likeness (QED) is 0.568. The van der Waals surface area contributed by atoms with Crippen molar-refractivity contribution in [1.82, 2.24) is 9.80 Å². The molecule has 4 rings (SSSR count). The lowest BCUT2D eigenvalue weighted by molar-refractivity contribution is -0.135. The van der Waals surface area contributed by atoms with Gasteiger partial charge in [0.25, 0.3) is 5.91 Å². The van der Waals surface area contributed by atoms with Gasteiger partial charge in [0, 0.05) is 32.7 Å². The lowest BCUT2D eigenvalue weighted by Crippen LogP contribution is -2.49. The molecule has 160 valence electrons. The zero-order valence-corrected chi connectivity index (χ0v) is 17.9. The van der Waals surface area contributed by atoms with Crippen LogP contribution >= 0.6 is 0 Å². The second kappa shape index (κ2) is 10.1. The molecule has 5 heteroatoms. The summed E-state index contributed by atoms with van der Waals surface area (Å²) in [6.07, 6.45) is 0. The standard InChI is InChI=1S/C26H28N2O3/c1-21-10-12-23(13-11-21)30-20-26(29)28-16-14-27(15-17-28)19-22-6-5-9-25(18-22)31-24-7-3-2-4-8-24/h2-13,18H,14-17,19-20H2,1H3. The van der Waals surface area contributed by atoms with E-state index in [4.69, 9.17) is 9.47 Å². The molecule has 0 atom stereocenters. The summed E-state index contributed by atoms with van der Waals surface area (Å²) >= 11 is 0. The highest BCUT2D eigenvalue weighted by molar-refractivity contribution is 5.77. The third kappa shape index (κ3) is 6.09. The molecule has 1 amide bonds. The van der Waals surface area contributed by atoms with Crippen molar-refractivity contribution < 1.29 is 14.3 Å². The number of para-hydroxylation sites is 1. The van der Waals surface area contributed by atoms with E-state index in [1.165, 1.54) is 11.1 Å². The first-order valence-corrected chi connectivity index (χ1v) is 10.7. The third-order valence-electron chi connectivity index (χ3n) is 5.39. The number of piperazine rings is 1. The van der Waals surface area contributed by atoms with Gasteiger partial charge < -0.3 is 14.4 Å². The molecule has 0 aliphatic carbocycles.